The van der Waals surface area contributed by atoms with Gasteiger partial charge in [-0.3, -0.25) is 10.1 Å². The summed E-state index contributed by atoms with van der Waals surface area (Å²) in [5, 5.41) is 27.2. The Labute approximate surface area is 160 Å². The highest BCUT2D eigenvalue weighted by atomic mass is 16.5. The maximum Gasteiger partial charge on any atom is 0.255 e. The minimum atomic E-state index is -1.43. The van der Waals surface area contributed by atoms with Gasteiger partial charge in [0.2, 0.25) is 0 Å². The molecule has 6 nitrogen and oxygen atoms in total. The van der Waals surface area contributed by atoms with Gasteiger partial charge in [0.1, 0.15) is 17.2 Å². The third-order valence-corrected chi connectivity index (χ3v) is 4.15. The van der Waals surface area contributed by atoms with Crippen molar-refractivity contribution >= 4 is 11.6 Å². The monoisotopic (exact) mass is 372 g/mol. The Morgan fingerprint density at radius 2 is 1.74 bits per heavy atom. The molecule has 146 valence electrons. The van der Waals surface area contributed by atoms with Gasteiger partial charge in [-0.05, 0) is 69.7 Å². The van der Waals surface area contributed by atoms with Crippen LogP contribution in [0.25, 0.3) is 0 Å². The average Bonchev–Trinajstić information content (AvgIpc) is 2.61. The third kappa shape index (κ3) is 5.21. The van der Waals surface area contributed by atoms with Crippen LogP contribution >= 0.6 is 0 Å². The number of hydrogen-bond donors (Lipinski definition) is 4. The molecule has 1 unspecified atom stereocenters. The highest BCUT2D eigenvalue weighted by Crippen LogP contribution is 2.34. The number of benzene rings is 2. The molecule has 1 amide bonds. The molecular formula is C21H28N2O4. The van der Waals surface area contributed by atoms with Crippen LogP contribution in [0.15, 0.2) is 42.5 Å². The molecule has 0 aliphatic carbocycles. The van der Waals surface area contributed by atoms with Crippen LogP contribution < -0.4 is 15.4 Å². The van der Waals surface area contributed by atoms with Crippen molar-refractivity contribution in [2.24, 2.45) is 0 Å². The number of nitrogens with one attached hydrogen (secondary N) is 2. The summed E-state index contributed by atoms with van der Waals surface area (Å²) in [4.78, 5) is 12.5. The lowest BCUT2D eigenvalue weighted by Crippen LogP contribution is -2.51. The van der Waals surface area contributed by atoms with Crippen LogP contribution in [-0.4, -0.2) is 28.8 Å². The topological polar surface area (TPSA) is 90.8 Å². The number of hydrogen-bond acceptors (Lipinski definition) is 5. The predicted octanol–water partition coefficient (Wildman–Crippen LogP) is 3.60. The normalized spacial score (nSPS) is 13.7. The summed E-state index contributed by atoms with van der Waals surface area (Å²) in [5.41, 5.74) is -0.537. The molecule has 27 heavy (non-hydrogen) atoms. The fourth-order valence-corrected chi connectivity index (χ4v) is 2.86. The van der Waals surface area contributed by atoms with E-state index in [1.165, 1.54) is 6.07 Å². The Kier molecular flexibility index (Phi) is 6.13. The number of aromatic hydroxyl groups is 1. The van der Waals surface area contributed by atoms with Gasteiger partial charge in [0.15, 0.2) is 0 Å². The van der Waals surface area contributed by atoms with E-state index in [1.54, 1.807) is 43.5 Å². The Morgan fingerprint density at radius 3 is 2.26 bits per heavy atom. The van der Waals surface area contributed by atoms with Crippen LogP contribution in [-0.2, 0) is 5.72 Å². The molecule has 0 aliphatic heterocycles. The lowest BCUT2D eigenvalue weighted by Gasteiger charge is -2.36. The number of ether oxygens (including phenoxy) is 1. The molecule has 0 saturated carbocycles. The van der Waals surface area contributed by atoms with Gasteiger partial charge in [0.05, 0.1) is 7.11 Å². The Hall–Kier alpha value is -2.57. The first kappa shape index (κ1) is 20.7. The number of amides is 1. The van der Waals surface area contributed by atoms with Gasteiger partial charge in [-0.15, -0.1) is 0 Å². The SMILES string of the molecule is CCC(O)(NC(C)(C)C)c1cc(NC(=O)c2ccc(OC)cc2)ccc1O. The summed E-state index contributed by atoms with van der Waals surface area (Å²) in [5.74, 6) is 0.330. The van der Waals surface area contributed by atoms with E-state index in [4.69, 9.17) is 4.74 Å². The van der Waals surface area contributed by atoms with Crippen molar-refractivity contribution in [3.05, 3.63) is 53.6 Å². The summed E-state index contributed by atoms with van der Waals surface area (Å²) in [6.07, 6.45) is 0.341. The summed E-state index contributed by atoms with van der Waals surface area (Å²) in [6, 6.07) is 11.4. The van der Waals surface area contributed by atoms with Gasteiger partial charge < -0.3 is 20.3 Å². The maximum absolute atomic E-state index is 12.5. The molecule has 0 fully saturated rings. The van der Waals surface area contributed by atoms with Crippen LogP contribution in [0.4, 0.5) is 5.69 Å². The zero-order chi connectivity index (χ0) is 20.2. The number of anilines is 1. The minimum Gasteiger partial charge on any atom is -0.508 e. The van der Waals surface area contributed by atoms with Crippen molar-refractivity contribution in [1.82, 2.24) is 5.32 Å². The number of carbonyl (C=O) groups is 1. The van der Waals surface area contributed by atoms with Gasteiger partial charge in [0.25, 0.3) is 5.91 Å². The second-order valence-corrected chi connectivity index (χ2v) is 7.50. The summed E-state index contributed by atoms with van der Waals surface area (Å²) >= 11 is 0. The van der Waals surface area contributed by atoms with Gasteiger partial charge in [-0.25, -0.2) is 0 Å². The molecule has 0 aliphatic rings. The lowest BCUT2D eigenvalue weighted by atomic mass is 9.94. The standard InChI is InChI=1S/C21H28N2O4/c1-6-21(26,23-20(2,3)4)17-13-15(9-12-18(17)24)22-19(25)14-7-10-16(27-5)11-8-14/h7-13,23-24,26H,6H2,1-5H3,(H,22,25). The predicted molar refractivity (Wildman–Crippen MR) is 106 cm³/mol. The zero-order valence-corrected chi connectivity index (χ0v) is 16.5. The summed E-state index contributed by atoms with van der Waals surface area (Å²) in [7, 11) is 1.56. The highest BCUT2D eigenvalue weighted by molar-refractivity contribution is 6.04. The van der Waals surface area contributed by atoms with Gasteiger partial charge in [-0.2, -0.15) is 0 Å². The van der Waals surface area contributed by atoms with E-state index in [1.807, 2.05) is 27.7 Å². The largest absolute Gasteiger partial charge is 0.508 e. The van der Waals surface area contributed by atoms with Crippen molar-refractivity contribution in [1.29, 1.82) is 0 Å². The molecule has 6 heteroatoms. The van der Waals surface area contributed by atoms with E-state index < -0.39 is 5.72 Å². The molecule has 2 aromatic rings. The van der Waals surface area contributed by atoms with Gasteiger partial charge >= 0.3 is 0 Å². The smallest absolute Gasteiger partial charge is 0.255 e. The van der Waals surface area contributed by atoms with E-state index in [0.717, 1.165) is 0 Å². The van der Waals surface area contributed by atoms with Crippen molar-refractivity contribution in [2.75, 3.05) is 12.4 Å². The first-order valence-corrected chi connectivity index (χ1v) is 8.88. The van der Waals surface area contributed by atoms with Crippen LogP contribution in [0.2, 0.25) is 0 Å². The van der Waals surface area contributed by atoms with Crippen molar-refractivity contribution in [3.8, 4) is 11.5 Å². The van der Waals surface area contributed by atoms with Crippen LogP contribution in [0, 0.1) is 0 Å². The number of methoxy groups -OCH3 is 1. The number of rotatable bonds is 6. The number of phenols is 1. The molecule has 0 radical (unpaired) electrons. The molecule has 1 atom stereocenters. The van der Waals surface area contributed by atoms with Gasteiger partial charge in [-0.1, -0.05) is 6.92 Å². The first-order valence-electron chi connectivity index (χ1n) is 8.88. The number of aliphatic hydroxyl groups is 1. The summed E-state index contributed by atoms with van der Waals surface area (Å²) in [6.45, 7) is 7.61. The van der Waals surface area contributed by atoms with E-state index in [2.05, 4.69) is 10.6 Å². The molecule has 4 N–H and O–H groups in total. The average molecular weight is 372 g/mol. The highest BCUT2D eigenvalue weighted by Gasteiger charge is 2.34. The molecule has 2 aromatic carbocycles. The van der Waals surface area contributed by atoms with E-state index >= 15 is 0 Å². The van der Waals surface area contributed by atoms with Gasteiger partial charge in [0, 0.05) is 22.4 Å². The number of carbonyl (C=O) groups excluding carboxylic acids is 1. The number of phenolic OH excluding ortho intramolecular Hbond substituents is 1. The second kappa shape index (κ2) is 7.98. The van der Waals surface area contributed by atoms with E-state index in [-0.39, 0.29) is 17.2 Å². The Balaban J connectivity index is 2.29. The molecular weight excluding hydrogens is 344 g/mol. The maximum atomic E-state index is 12.5. The quantitative estimate of drug-likeness (QED) is 0.459. The van der Waals surface area contributed by atoms with Crippen LogP contribution in [0.1, 0.15) is 50.0 Å². The fourth-order valence-electron chi connectivity index (χ4n) is 2.86. The zero-order valence-electron chi connectivity index (χ0n) is 16.5. The summed E-state index contributed by atoms with van der Waals surface area (Å²) < 4.78 is 5.09. The second-order valence-electron chi connectivity index (χ2n) is 7.50. The van der Waals surface area contributed by atoms with E-state index in [0.29, 0.717) is 29.0 Å². The molecule has 0 bridgehead atoms. The molecule has 0 aromatic heterocycles. The van der Waals surface area contributed by atoms with Crippen molar-refractivity contribution in [2.45, 2.75) is 45.4 Å². The third-order valence-electron chi connectivity index (χ3n) is 4.15. The first-order chi connectivity index (χ1) is 12.6. The fraction of sp³-hybridized carbons (Fsp3) is 0.381. The molecule has 0 saturated heterocycles. The lowest BCUT2D eigenvalue weighted by molar-refractivity contribution is -0.0276. The minimum absolute atomic E-state index is 0.0430. The van der Waals surface area contributed by atoms with Crippen LogP contribution in [0.5, 0.6) is 11.5 Å². The Morgan fingerprint density at radius 1 is 1.11 bits per heavy atom. The van der Waals surface area contributed by atoms with Crippen molar-refractivity contribution in [3.63, 3.8) is 0 Å². The van der Waals surface area contributed by atoms with Crippen molar-refractivity contribution < 1.29 is 19.7 Å². The Bertz CT molecular complexity index is 797. The van der Waals surface area contributed by atoms with Crippen LogP contribution in [0.3, 0.4) is 0 Å². The molecule has 2 rings (SSSR count). The molecule has 0 spiro atoms. The molecule has 0 heterocycles. The van der Waals surface area contributed by atoms with E-state index in [9.17, 15) is 15.0 Å².